The maximum absolute atomic E-state index is 12.4. The maximum atomic E-state index is 12.4. The van der Waals surface area contributed by atoms with Crippen LogP contribution in [0, 0.1) is 0 Å². The molecule has 1 aromatic carbocycles. The highest BCUT2D eigenvalue weighted by molar-refractivity contribution is 5.82. The summed E-state index contributed by atoms with van der Waals surface area (Å²) in [5.74, 6) is 0. The minimum Gasteiger partial charge on any atom is -0.464 e. The predicted octanol–water partition coefficient (Wildman–Crippen LogP) is 3.50. The largest absolute Gasteiger partial charge is 0.464 e. The van der Waals surface area contributed by atoms with Crippen molar-refractivity contribution in [3.05, 3.63) is 35.6 Å². The van der Waals surface area contributed by atoms with Gasteiger partial charge < -0.3 is 9.52 Å². The fourth-order valence-electron chi connectivity index (χ4n) is 1.55. The molecule has 0 saturated carbocycles. The van der Waals surface area contributed by atoms with Crippen LogP contribution in [0.4, 0.5) is 13.2 Å². The maximum Gasteiger partial charge on any atom is 0.416 e. The van der Waals surface area contributed by atoms with Crippen molar-refractivity contribution in [2.45, 2.75) is 19.2 Å². The number of hydrogen-bond acceptors (Lipinski definition) is 2. The Morgan fingerprint density at radius 3 is 2.56 bits per heavy atom. The lowest BCUT2D eigenvalue weighted by molar-refractivity contribution is -0.137. The average Bonchev–Trinajstić information content (AvgIpc) is 2.58. The topological polar surface area (TPSA) is 33.4 Å². The SMILES string of the molecule is CC(O)c1coc2cc(C(F)(F)F)ccc12. The third-order valence-corrected chi connectivity index (χ3v) is 2.38. The van der Waals surface area contributed by atoms with Crippen LogP contribution in [0.5, 0.6) is 0 Å². The van der Waals surface area contributed by atoms with E-state index in [0.717, 1.165) is 12.1 Å². The van der Waals surface area contributed by atoms with Crippen molar-refractivity contribution in [2.75, 3.05) is 0 Å². The van der Waals surface area contributed by atoms with Gasteiger partial charge in [0.2, 0.25) is 0 Å². The zero-order valence-electron chi connectivity index (χ0n) is 8.38. The Bertz CT molecular complexity index is 511. The molecule has 0 aliphatic carbocycles. The first-order valence-electron chi connectivity index (χ1n) is 4.66. The van der Waals surface area contributed by atoms with Crippen molar-refractivity contribution in [1.29, 1.82) is 0 Å². The standard InChI is InChI=1S/C11H9F3O2/c1-6(15)9-5-16-10-4-7(11(12,13)14)2-3-8(9)10/h2-6,15H,1H3. The number of benzene rings is 1. The van der Waals surface area contributed by atoms with Gasteiger partial charge in [-0.25, -0.2) is 0 Å². The molecule has 0 amide bonds. The molecule has 2 aromatic rings. The van der Waals surface area contributed by atoms with Crippen molar-refractivity contribution in [2.24, 2.45) is 0 Å². The zero-order chi connectivity index (χ0) is 11.9. The summed E-state index contributed by atoms with van der Waals surface area (Å²) in [6, 6.07) is 3.22. The van der Waals surface area contributed by atoms with Gasteiger partial charge in [-0.05, 0) is 19.1 Å². The summed E-state index contributed by atoms with van der Waals surface area (Å²) < 4.78 is 42.2. The summed E-state index contributed by atoms with van der Waals surface area (Å²) in [4.78, 5) is 0. The molecule has 2 nitrogen and oxygen atoms in total. The minimum atomic E-state index is -4.38. The molecule has 0 radical (unpaired) electrons. The number of halogens is 3. The van der Waals surface area contributed by atoms with E-state index >= 15 is 0 Å². The van der Waals surface area contributed by atoms with Crippen molar-refractivity contribution in [3.63, 3.8) is 0 Å². The molecule has 0 saturated heterocycles. The molecule has 86 valence electrons. The fraction of sp³-hybridized carbons (Fsp3) is 0.273. The van der Waals surface area contributed by atoms with Gasteiger partial charge in [0.1, 0.15) is 5.58 Å². The summed E-state index contributed by atoms with van der Waals surface area (Å²) >= 11 is 0. The van der Waals surface area contributed by atoms with Crippen LogP contribution in [-0.2, 0) is 6.18 Å². The average molecular weight is 230 g/mol. The highest BCUT2D eigenvalue weighted by Crippen LogP contribution is 2.34. The summed E-state index contributed by atoms with van der Waals surface area (Å²) in [6.07, 6.45) is -3.88. The van der Waals surface area contributed by atoms with E-state index < -0.39 is 17.8 Å². The van der Waals surface area contributed by atoms with Crippen molar-refractivity contribution in [3.8, 4) is 0 Å². The van der Waals surface area contributed by atoms with Gasteiger partial charge in [-0.2, -0.15) is 13.2 Å². The fourth-order valence-corrected chi connectivity index (χ4v) is 1.55. The predicted molar refractivity (Wildman–Crippen MR) is 51.8 cm³/mol. The second-order valence-electron chi connectivity index (χ2n) is 3.58. The lowest BCUT2D eigenvalue weighted by Crippen LogP contribution is -2.04. The first-order chi connectivity index (χ1) is 7.39. The van der Waals surface area contributed by atoms with Crippen LogP contribution in [0.3, 0.4) is 0 Å². The molecule has 1 unspecified atom stereocenters. The number of fused-ring (bicyclic) bond motifs is 1. The van der Waals surface area contributed by atoms with Crippen LogP contribution in [0.1, 0.15) is 24.2 Å². The molecule has 1 atom stereocenters. The Kier molecular flexibility index (Phi) is 2.42. The molecule has 0 spiro atoms. The number of furan rings is 1. The van der Waals surface area contributed by atoms with Gasteiger partial charge in [-0.3, -0.25) is 0 Å². The lowest BCUT2D eigenvalue weighted by Gasteiger charge is -2.06. The number of rotatable bonds is 1. The molecular weight excluding hydrogens is 221 g/mol. The number of hydrogen-bond donors (Lipinski definition) is 1. The summed E-state index contributed by atoms with van der Waals surface area (Å²) in [7, 11) is 0. The Labute approximate surface area is 89.3 Å². The zero-order valence-corrected chi connectivity index (χ0v) is 8.38. The van der Waals surface area contributed by atoms with Gasteiger partial charge in [0.15, 0.2) is 0 Å². The van der Waals surface area contributed by atoms with Crippen LogP contribution in [0.2, 0.25) is 0 Å². The minimum absolute atomic E-state index is 0.130. The second kappa shape index (κ2) is 3.52. The second-order valence-corrected chi connectivity index (χ2v) is 3.58. The van der Waals surface area contributed by atoms with E-state index in [1.165, 1.54) is 19.3 Å². The van der Waals surface area contributed by atoms with Crippen LogP contribution in [-0.4, -0.2) is 5.11 Å². The third kappa shape index (κ3) is 1.78. The Morgan fingerprint density at radius 1 is 1.31 bits per heavy atom. The molecule has 2 rings (SSSR count). The summed E-state index contributed by atoms with van der Waals surface area (Å²) in [5.41, 5.74) is -0.138. The summed E-state index contributed by atoms with van der Waals surface area (Å²) in [5, 5.41) is 9.86. The van der Waals surface area contributed by atoms with E-state index in [-0.39, 0.29) is 5.58 Å². The van der Waals surface area contributed by atoms with Crippen LogP contribution >= 0.6 is 0 Å². The molecule has 1 N–H and O–H groups in total. The van der Waals surface area contributed by atoms with Crippen molar-refractivity contribution >= 4 is 11.0 Å². The number of aliphatic hydroxyl groups is 1. The number of alkyl halides is 3. The van der Waals surface area contributed by atoms with Gasteiger partial charge in [-0.15, -0.1) is 0 Å². The molecule has 1 heterocycles. The van der Waals surface area contributed by atoms with Crippen LogP contribution in [0.25, 0.3) is 11.0 Å². The van der Waals surface area contributed by atoms with Gasteiger partial charge in [0.05, 0.1) is 17.9 Å². The molecule has 1 aromatic heterocycles. The molecule has 0 aliphatic heterocycles. The Balaban J connectivity index is 2.58. The molecule has 16 heavy (non-hydrogen) atoms. The van der Waals surface area contributed by atoms with E-state index in [1.807, 2.05) is 0 Å². The van der Waals surface area contributed by atoms with Gasteiger partial charge >= 0.3 is 6.18 Å². The summed E-state index contributed by atoms with van der Waals surface area (Å²) in [6.45, 7) is 1.53. The smallest absolute Gasteiger partial charge is 0.416 e. The first kappa shape index (κ1) is 11.0. The monoisotopic (exact) mass is 230 g/mol. The highest BCUT2D eigenvalue weighted by atomic mass is 19.4. The normalized spacial score (nSPS) is 14.3. The van der Waals surface area contributed by atoms with Crippen LogP contribution in [0.15, 0.2) is 28.9 Å². The molecule has 0 fully saturated rings. The Hall–Kier alpha value is -1.49. The quantitative estimate of drug-likeness (QED) is 0.813. The Morgan fingerprint density at radius 2 is 2.00 bits per heavy atom. The third-order valence-electron chi connectivity index (χ3n) is 2.38. The number of aliphatic hydroxyl groups excluding tert-OH is 1. The van der Waals surface area contributed by atoms with E-state index in [2.05, 4.69) is 0 Å². The molecular formula is C11H9F3O2. The van der Waals surface area contributed by atoms with Crippen LogP contribution < -0.4 is 0 Å². The molecule has 5 heteroatoms. The van der Waals surface area contributed by atoms with E-state index in [1.54, 1.807) is 0 Å². The molecule has 0 bridgehead atoms. The van der Waals surface area contributed by atoms with E-state index in [4.69, 9.17) is 4.42 Å². The van der Waals surface area contributed by atoms with E-state index in [0.29, 0.717) is 10.9 Å². The van der Waals surface area contributed by atoms with Gasteiger partial charge in [-0.1, -0.05) is 6.07 Å². The molecule has 0 aliphatic rings. The first-order valence-corrected chi connectivity index (χ1v) is 4.66. The van der Waals surface area contributed by atoms with Gasteiger partial charge in [0.25, 0.3) is 0 Å². The van der Waals surface area contributed by atoms with Crippen molar-refractivity contribution < 1.29 is 22.7 Å². The lowest BCUT2D eigenvalue weighted by atomic mass is 10.1. The van der Waals surface area contributed by atoms with Gasteiger partial charge in [0, 0.05) is 10.9 Å². The van der Waals surface area contributed by atoms with E-state index in [9.17, 15) is 18.3 Å². The van der Waals surface area contributed by atoms with Crippen molar-refractivity contribution in [1.82, 2.24) is 0 Å². The highest BCUT2D eigenvalue weighted by Gasteiger charge is 2.31.